The van der Waals surface area contributed by atoms with Crippen LogP contribution in [-0.2, 0) is 0 Å². The van der Waals surface area contributed by atoms with E-state index in [1.54, 1.807) is 11.5 Å². The van der Waals surface area contributed by atoms with Crippen LogP contribution in [0.4, 0.5) is 0 Å². The van der Waals surface area contributed by atoms with Gasteiger partial charge in [-0.25, -0.2) is 4.79 Å². The van der Waals surface area contributed by atoms with Crippen molar-refractivity contribution in [3.63, 3.8) is 0 Å². The van der Waals surface area contributed by atoms with Gasteiger partial charge in [0.1, 0.15) is 11.1 Å². The number of hydrogen-bond donors (Lipinski definition) is 1. The lowest BCUT2D eigenvalue weighted by molar-refractivity contribution is 0.465. The van der Waals surface area contributed by atoms with Gasteiger partial charge in [0.05, 0.1) is 11.8 Å². The van der Waals surface area contributed by atoms with Crippen LogP contribution in [0.5, 0.6) is 5.75 Å². The summed E-state index contributed by atoms with van der Waals surface area (Å²) in [7, 11) is 0. The van der Waals surface area contributed by atoms with Crippen LogP contribution in [0.1, 0.15) is 25.5 Å². The Morgan fingerprint density at radius 2 is 1.78 bits per heavy atom. The summed E-state index contributed by atoms with van der Waals surface area (Å²) in [6.07, 6.45) is 0. The summed E-state index contributed by atoms with van der Waals surface area (Å²) in [4.78, 5) is 24.5. The average Bonchev–Trinajstić information content (AvgIpc) is 2.50. The van der Waals surface area contributed by atoms with Crippen molar-refractivity contribution in [3.05, 3.63) is 62.7 Å². The maximum atomic E-state index is 12.9. The molecule has 0 atom stereocenters. The highest BCUT2D eigenvalue weighted by Gasteiger charge is 2.21. The molecular formula is C18H17NO4. The first kappa shape index (κ1) is 15.1. The fraction of sp³-hybridized carbons (Fsp3) is 0.222. The molecule has 2 heterocycles. The van der Waals surface area contributed by atoms with Crippen LogP contribution in [0.15, 0.2) is 50.4 Å². The summed E-state index contributed by atoms with van der Waals surface area (Å²) < 4.78 is 6.84. The SMILES string of the molecule is Cc1c(-c2ccccc2)n(C(C)C)c(=O)c2c(O)cc(=O)oc12. The standard InChI is InChI=1S/C18H17NO4/c1-10(2)19-16(12-7-5-4-6-8-12)11(3)17-15(18(19)22)13(20)9-14(21)23-17/h4-10,20H,1-3H3. The van der Waals surface area contributed by atoms with E-state index in [0.29, 0.717) is 11.3 Å². The number of aromatic hydroxyl groups is 1. The minimum atomic E-state index is -0.682. The highest BCUT2D eigenvalue weighted by atomic mass is 16.4. The average molecular weight is 311 g/mol. The third kappa shape index (κ3) is 2.34. The molecule has 3 rings (SSSR count). The normalized spacial score (nSPS) is 11.3. The van der Waals surface area contributed by atoms with Crippen molar-refractivity contribution in [2.75, 3.05) is 0 Å². The fourth-order valence-electron chi connectivity index (χ4n) is 2.91. The first-order valence-corrected chi connectivity index (χ1v) is 7.39. The number of aryl methyl sites for hydroxylation is 1. The smallest absolute Gasteiger partial charge is 0.339 e. The molecule has 2 aromatic heterocycles. The Balaban J connectivity index is 2.59. The van der Waals surface area contributed by atoms with Crippen molar-refractivity contribution < 1.29 is 9.52 Å². The molecule has 3 aromatic rings. The van der Waals surface area contributed by atoms with E-state index in [0.717, 1.165) is 11.6 Å². The van der Waals surface area contributed by atoms with Crippen molar-refractivity contribution in [1.29, 1.82) is 0 Å². The van der Waals surface area contributed by atoms with E-state index in [4.69, 9.17) is 4.42 Å². The van der Waals surface area contributed by atoms with E-state index >= 15 is 0 Å². The minimum absolute atomic E-state index is 0.0375. The molecule has 0 aliphatic carbocycles. The summed E-state index contributed by atoms with van der Waals surface area (Å²) >= 11 is 0. The Labute approximate surface area is 132 Å². The van der Waals surface area contributed by atoms with Crippen molar-refractivity contribution >= 4 is 11.0 Å². The number of aromatic nitrogens is 1. The molecule has 0 amide bonds. The van der Waals surface area contributed by atoms with E-state index in [-0.39, 0.29) is 28.3 Å². The zero-order valence-electron chi connectivity index (χ0n) is 13.2. The molecule has 5 nitrogen and oxygen atoms in total. The molecule has 0 aliphatic heterocycles. The molecule has 0 aliphatic rings. The molecule has 0 saturated carbocycles. The summed E-state index contributed by atoms with van der Waals surface area (Å²) in [5, 5.41) is 10.1. The zero-order chi connectivity index (χ0) is 16.7. The van der Waals surface area contributed by atoms with Crippen LogP contribution in [0, 0.1) is 6.92 Å². The molecule has 1 aromatic carbocycles. The van der Waals surface area contributed by atoms with Crippen LogP contribution >= 0.6 is 0 Å². The molecule has 0 saturated heterocycles. The van der Waals surface area contributed by atoms with Crippen molar-refractivity contribution in [1.82, 2.24) is 4.57 Å². The number of hydrogen-bond acceptors (Lipinski definition) is 4. The van der Waals surface area contributed by atoms with Crippen LogP contribution in [0.2, 0.25) is 0 Å². The summed E-state index contributed by atoms with van der Waals surface area (Å²) in [6, 6.07) is 10.3. The van der Waals surface area contributed by atoms with Gasteiger partial charge in [-0.1, -0.05) is 30.3 Å². The monoisotopic (exact) mass is 311 g/mol. The molecule has 0 fully saturated rings. The first-order valence-electron chi connectivity index (χ1n) is 7.39. The van der Waals surface area contributed by atoms with Crippen molar-refractivity contribution in [3.8, 4) is 17.0 Å². The summed E-state index contributed by atoms with van der Waals surface area (Å²) in [6.45, 7) is 5.58. The van der Waals surface area contributed by atoms with E-state index in [9.17, 15) is 14.7 Å². The molecule has 0 bridgehead atoms. The van der Waals surface area contributed by atoms with Crippen molar-refractivity contribution in [2.45, 2.75) is 26.8 Å². The quantitative estimate of drug-likeness (QED) is 0.788. The topological polar surface area (TPSA) is 72.4 Å². The van der Waals surface area contributed by atoms with Gasteiger partial charge in [-0.15, -0.1) is 0 Å². The molecule has 1 N–H and O–H groups in total. The van der Waals surface area contributed by atoms with E-state index in [2.05, 4.69) is 0 Å². The predicted molar refractivity (Wildman–Crippen MR) is 89.0 cm³/mol. The van der Waals surface area contributed by atoms with Gasteiger partial charge in [-0.05, 0) is 26.3 Å². The lowest BCUT2D eigenvalue weighted by Gasteiger charge is -2.20. The third-order valence-electron chi connectivity index (χ3n) is 3.87. The van der Waals surface area contributed by atoms with Gasteiger partial charge < -0.3 is 14.1 Å². The Morgan fingerprint density at radius 3 is 2.39 bits per heavy atom. The lowest BCUT2D eigenvalue weighted by atomic mass is 10.0. The molecule has 118 valence electrons. The van der Waals surface area contributed by atoms with E-state index in [1.807, 2.05) is 44.2 Å². The van der Waals surface area contributed by atoms with Crippen LogP contribution in [-0.4, -0.2) is 9.67 Å². The second kappa shape index (κ2) is 5.43. The minimum Gasteiger partial charge on any atom is -0.507 e. The maximum Gasteiger partial charge on any atom is 0.339 e. The van der Waals surface area contributed by atoms with Crippen LogP contribution < -0.4 is 11.2 Å². The fourth-order valence-corrected chi connectivity index (χ4v) is 2.91. The Bertz CT molecular complexity index is 997. The second-order valence-corrected chi connectivity index (χ2v) is 5.76. The van der Waals surface area contributed by atoms with Gasteiger partial charge in [0.25, 0.3) is 5.56 Å². The third-order valence-corrected chi connectivity index (χ3v) is 3.87. The predicted octanol–water partition coefficient (Wildman–Crippen LogP) is 3.22. The Kier molecular flexibility index (Phi) is 3.56. The Morgan fingerprint density at radius 1 is 1.13 bits per heavy atom. The number of benzene rings is 1. The molecule has 23 heavy (non-hydrogen) atoms. The molecule has 0 radical (unpaired) electrons. The number of fused-ring (bicyclic) bond motifs is 1. The number of nitrogens with zero attached hydrogens (tertiary/aromatic N) is 1. The summed E-state index contributed by atoms with van der Waals surface area (Å²) in [5.74, 6) is -0.349. The summed E-state index contributed by atoms with van der Waals surface area (Å²) in [5.41, 5.74) is 1.26. The first-order chi connectivity index (χ1) is 10.9. The van der Waals surface area contributed by atoms with E-state index in [1.165, 1.54) is 0 Å². The number of pyridine rings is 1. The maximum absolute atomic E-state index is 12.9. The molecule has 5 heteroatoms. The van der Waals surface area contributed by atoms with Crippen LogP contribution in [0.25, 0.3) is 22.2 Å². The van der Waals surface area contributed by atoms with E-state index < -0.39 is 5.63 Å². The highest BCUT2D eigenvalue weighted by Crippen LogP contribution is 2.31. The highest BCUT2D eigenvalue weighted by molar-refractivity contribution is 5.88. The Hall–Kier alpha value is -2.82. The van der Waals surface area contributed by atoms with Gasteiger partial charge in [-0.2, -0.15) is 0 Å². The van der Waals surface area contributed by atoms with Gasteiger partial charge in [0.2, 0.25) is 0 Å². The molecular weight excluding hydrogens is 294 g/mol. The van der Waals surface area contributed by atoms with Crippen molar-refractivity contribution in [2.24, 2.45) is 0 Å². The largest absolute Gasteiger partial charge is 0.507 e. The van der Waals surface area contributed by atoms with Gasteiger partial charge in [0, 0.05) is 11.6 Å². The molecule has 0 unspecified atom stereocenters. The second-order valence-electron chi connectivity index (χ2n) is 5.76. The molecule has 0 spiro atoms. The van der Waals surface area contributed by atoms with Crippen LogP contribution in [0.3, 0.4) is 0 Å². The zero-order valence-corrected chi connectivity index (χ0v) is 13.2. The van der Waals surface area contributed by atoms with Gasteiger partial charge in [-0.3, -0.25) is 4.79 Å². The number of rotatable bonds is 2. The van der Waals surface area contributed by atoms with Gasteiger partial charge >= 0.3 is 5.63 Å². The van der Waals surface area contributed by atoms with Gasteiger partial charge in [0.15, 0.2) is 5.58 Å². The lowest BCUT2D eigenvalue weighted by Crippen LogP contribution is -2.25.